The lowest BCUT2D eigenvalue weighted by Gasteiger charge is -2.38. The molecule has 4 heteroatoms. The summed E-state index contributed by atoms with van der Waals surface area (Å²) < 4.78 is 22.5. The molecule has 1 aromatic carbocycles. The Labute approximate surface area is 114 Å². The second-order valence-electron chi connectivity index (χ2n) is 4.78. The molecule has 1 aliphatic heterocycles. The van der Waals surface area contributed by atoms with Crippen molar-refractivity contribution in [2.75, 3.05) is 14.2 Å². The zero-order chi connectivity index (χ0) is 13.7. The largest absolute Gasteiger partial charge is 0.376 e. The van der Waals surface area contributed by atoms with Crippen molar-refractivity contribution in [1.29, 1.82) is 0 Å². The maximum absolute atomic E-state index is 5.99. The van der Waals surface area contributed by atoms with Gasteiger partial charge in [0.1, 0.15) is 6.10 Å². The molecule has 0 radical (unpaired) electrons. The molecule has 0 aliphatic carbocycles. The minimum Gasteiger partial charge on any atom is -0.376 e. The topological polar surface area (TPSA) is 36.9 Å². The highest BCUT2D eigenvalue weighted by atomic mass is 16.7. The van der Waals surface area contributed by atoms with Gasteiger partial charge in [-0.15, -0.1) is 0 Å². The van der Waals surface area contributed by atoms with Crippen LogP contribution in [0.4, 0.5) is 0 Å². The SMILES string of the molecule is CO[C@@H]1C[C@@H](OCc2ccccc2)[C@@H](OC)[C@@H](C)O1. The van der Waals surface area contributed by atoms with Crippen molar-refractivity contribution >= 4 is 0 Å². The average Bonchev–Trinajstić information content (AvgIpc) is 2.45. The van der Waals surface area contributed by atoms with Gasteiger partial charge < -0.3 is 18.9 Å². The maximum Gasteiger partial charge on any atom is 0.160 e. The van der Waals surface area contributed by atoms with E-state index in [1.165, 1.54) is 0 Å². The first-order valence-electron chi connectivity index (χ1n) is 6.61. The summed E-state index contributed by atoms with van der Waals surface area (Å²) in [6, 6.07) is 10.1. The number of rotatable bonds is 5. The fraction of sp³-hybridized carbons (Fsp3) is 0.600. The number of hydrogen-bond donors (Lipinski definition) is 0. The molecule has 0 spiro atoms. The van der Waals surface area contributed by atoms with Crippen molar-refractivity contribution in [2.24, 2.45) is 0 Å². The molecular formula is C15H22O4. The summed E-state index contributed by atoms with van der Waals surface area (Å²) in [5.41, 5.74) is 1.16. The van der Waals surface area contributed by atoms with Gasteiger partial charge in [-0.25, -0.2) is 0 Å². The van der Waals surface area contributed by atoms with Gasteiger partial charge in [0.05, 0.1) is 18.8 Å². The standard InChI is InChI=1S/C15H22O4/c1-11-15(17-3)13(9-14(16-2)19-11)18-10-12-7-5-4-6-8-12/h4-8,11,13-15H,9-10H2,1-3H3/t11-,13-,14+,15+/m1/s1. The Morgan fingerprint density at radius 2 is 1.89 bits per heavy atom. The van der Waals surface area contributed by atoms with Crippen LogP contribution < -0.4 is 0 Å². The van der Waals surface area contributed by atoms with E-state index in [9.17, 15) is 0 Å². The highest BCUT2D eigenvalue weighted by Crippen LogP contribution is 2.25. The quantitative estimate of drug-likeness (QED) is 0.820. The lowest BCUT2D eigenvalue weighted by atomic mass is 10.0. The molecule has 4 atom stereocenters. The van der Waals surface area contributed by atoms with Crippen LogP contribution in [0.1, 0.15) is 18.9 Å². The van der Waals surface area contributed by atoms with Gasteiger partial charge >= 0.3 is 0 Å². The van der Waals surface area contributed by atoms with Crippen molar-refractivity contribution in [3.05, 3.63) is 35.9 Å². The first-order valence-corrected chi connectivity index (χ1v) is 6.61. The van der Waals surface area contributed by atoms with Crippen LogP contribution in [0.5, 0.6) is 0 Å². The Morgan fingerprint density at radius 3 is 2.53 bits per heavy atom. The van der Waals surface area contributed by atoms with Crippen LogP contribution >= 0.6 is 0 Å². The molecule has 0 N–H and O–H groups in total. The van der Waals surface area contributed by atoms with Crippen LogP contribution in [0.3, 0.4) is 0 Å². The van der Waals surface area contributed by atoms with E-state index in [0.717, 1.165) is 5.56 Å². The van der Waals surface area contributed by atoms with Crippen LogP contribution in [-0.2, 0) is 25.6 Å². The van der Waals surface area contributed by atoms with Crippen molar-refractivity contribution in [1.82, 2.24) is 0 Å². The molecular weight excluding hydrogens is 244 g/mol. The predicted octanol–water partition coefficient (Wildman–Crippen LogP) is 2.37. The van der Waals surface area contributed by atoms with Crippen molar-refractivity contribution < 1.29 is 18.9 Å². The summed E-state index contributed by atoms with van der Waals surface area (Å²) in [7, 11) is 3.34. The Kier molecular flexibility index (Phi) is 5.34. The molecule has 1 aliphatic rings. The Balaban J connectivity index is 1.95. The highest BCUT2D eigenvalue weighted by molar-refractivity contribution is 5.13. The molecule has 0 aromatic heterocycles. The highest BCUT2D eigenvalue weighted by Gasteiger charge is 2.37. The zero-order valence-electron chi connectivity index (χ0n) is 11.7. The molecule has 0 amide bonds. The molecule has 0 saturated carbocycles. The molecule has 1 saturated heterocycles. The van der Waals surface area contributed by atoms with Crippen LogP contribution in [-0.4, -0.2) is 38.8 Å². The summed E-state index contributed by atoms with van der Waals surface area (Å²) in [6.45, 7) is 2.56. The smallest absolute Gasteiger partial charge is 0.160 e. The molecule has 2 rings (SSSR count). The molecule has 1 aromatic rings. The third kappa shape index (κ3) is 3.76. The van der Waals surface area contributed by atoms with Gasteiger partial charge in [0.15, 0.2) is 6.29 Å². The van der Waals surface area contributed by atoms with Crippen LogP contribution in [0.15, 0.2) is 30.3 Å². The third-order valence-corrected chi connectivity index (χ3v) is 3.46. The van der Waals surface area contributed by atoms with E-state index < -0.39 is 0 Å². The Bertz CT molecular complexity index is 368. The molecule has 0 bridgehead atoms. The predicted molar refractivity (Wildman–Crippen MR) is 71.8 cm³/mol. The maximum atomic E-state index is 5.99. The third-order valence-electron chi connectivity index (χ3n) is 3.46. The van der Waals surface area contributed by atoms with Gasteiger partial charge in [0, 0.05) is 20.6 Å². The van der Waals surface area contributed by atoms with Gasteiger partial charge in [-0.2, -0.15) is 0 Å². The van der Waals surface area contributed by atoms with Gasteiger partial charge in [0.25, 0.3) is 0 Å². The van der Waals surface area contributed by atoms with Gasteiger partial charge in [-0.3, -0.25) is 0 Å². The Hall–Kier alpha value is -0.940. The lowest BCUT2D eigenvalue weighted by Crippen LogP contribution is -2.49. The van der Waals surface area contributed by atoms with E-state index >= 15 is 0 Å². The van der Waals surface area contributed by atoms with E-state index in [2.05, 4.69) is 12.1 Å². The number of hydrogen-bond acceptors (Lipinski definition) is 4. The first-order chi connectivity index (χ1) is 9.24. The van der Waals surface area contributed by atoms with E-state index in [-0.39, 0.29) is 24.6 Å². The van der Waals surface area contributed by atoms with Crippen molar-refractivity contribution in [2.45, 2.75) is 44.6 Å². The molecule has 106 valence electrons. The normalized spacial score (nSPS) is 31.3. The average molecular weight is 266 g/mol. The summed E-state index contributed by atoms with van der Waals surface area (Å²) in [4.78, 5) is 0. The van der Waals surface area contributed by atoms with E-state index in [1.54, 1.807) is 14.2 Å². The molecule has 19 heavy (non-hydrogen) atoms. The van der Waals surface area contributed by atoms with Gasteiger partial charge in [-0.1, -0.05) is 30.3 Å². The second kappa shape index (κ2) is 7.01. The fourth-order valence-electron chi connectivity index (χ4n) is 2.43. The number of ether oxygens (including phenoxy) is 4. The zero-order valence-corrected chi connectivity index (χ0v) is 11.7. The van der Waals surface area contributed by atoms with Crippen LogP contribution in [0, 0.1) is 0 Å². The van der Waals surface area contributed by atoms with Crippen LogP contribution in [0.2, 0.25) is 0 Å². The molecule has 0 unspecified atom stereocenters. The summed E-state index contributed by atoms with van der Waals surface area (Å²) in [5.74, 6) is 0. The number of benzene rings is 1. The summed E-state index contributed by atoms with van der Waals surface area (Å²) in [5, 5.41) is 0. The van der Waals surface area contributed by atoms with Gasteiger partial charge in [0.2, 0.25) is 0 Å². The molecule has 4 nitrogen and oxygen atoms in total. The summed E-state index contributed by atoms with van der Waals surface area (Å²) in [6.07, 6.45) is 0.354. The molecule has 1 fully saturated rings. The number of methoxy groups -OCH3 is 2. The first kappa shape index (κ1) is 14.5. The van der Waals surface area contributed by atoms with E-state index in [1.807, 2.05) is 25.1 Å². The minimum absolute atomic E-state index is 0.0149. The monoisotopic (exact) mass is 266 g/mol. The van der Waals surface area contributed by atoms with Crippen molar-refractivity contribution in [3.63, 3.8) is 0 Å². The minimum atomic E-state index is -0.220. The summed E-state index contributed by atoms with van der Waals surface area (Å²) >= 11 is 0. The molecule has 1 heterocycles. The van der Waals surface area contributed by atoms with Crippen molar-refractivity contribution in [3.8, 4) is 0 Å². The van der Waals surface area contributed by atoms with Crippen LogP contribution in [0.25, 0.3) is 0 Å². The second-order valence-corrected chi connectivity index (χ2v) is 4.78. The Morgan fingerprint density at radius 1 is 1.16 bits per heavy atom. The van der Waals surface area contributed by atoms with E-state index in [0.29, 0.717) is 13.0 Å². The lowest BCUT2D eigenvalue weighted by molar-refractivity contribution is -0.252. The van der Waals surface area contributed by atoms with Gasteiger partial charge in [-0.05, 0) is 12.5 Å². The van der Waals surface area contributed by atoms with E-state index in [4.69, 9.17) is 18.9 Å². The fourth-order valence-corrected chi connectivity index (χ4v) is 2.43.